The third-order valence-electron chi connectivity index (χ3n) is 3.98. The van der Waals surface area contributed by atoms with E-state index in [1.807, 2.05) is 0 Å². The monoisotopic (exact) mass is 272 g/mol. The van der Waals surface area contributed by atoms with Crippen LogP contribution in [-0.4, -0.2) is 48.1 Å². The van der Waals surface area contributed by atoms with Gasteiger partial charge in [-0.1, -0.05) is 27.7 Å². The smallest absolute Gasteiger partial charge is 0.0243 e. The van der Waals surface area contributed by atoms with Gasteiger partial charge in [0.25, 0.3) is 0 Å². The highest BCUT2D eigenvalue weighted by atomic mass is 32.2. The minimum atomic E-state index is 0.362. The Morgan fingerprint density at radius 3 is 2.67 bits per heavy atom. The Kier molecular flexibility index (Phi) is 7.04. The first kappa shape index (κ1) is 16.3. The second-order valence-electron chi connectivity index (χ2n) is 6.56. The normalized spacial score (nSPS) is 27.2. The van der Waals surface area contributed by atoms with Gasteiger partial charge in [0.1, 0.15) is 0 Å². The van der Waals surface area contributed by atoms with Crippen molar-refractivity contribution in [3.63, 3.8) is 0 Å². The maximum atomic E-state index is 3.74. The molecule has 3 heteroatoms. The van der Waals surface area contributed by atoms with Crippen LogP contribution in [0.2, 0.25) is 0 Å². The molecule has 1 aliphatic rings. The van der Waals surface area contributed by atoms with E-state index in [1.54, 1.807) is 0 Å². The molecular formula is C15H32N2S. The number of hydrogen-bond donors (Lipinski definition) is 1. The number of thioether (sulfide) groups is 1. The van der Waals surface area contributed by atoms with Crippen molar-refractivity contribution < 1.29 is 0 Å². The van der Waals surface area contributed by atoms with Crippen molar-refractivity contribution in [2.75, 3.05) is 31.1 Å². The Morgan fingerprint density at radius 2 is 2.06 bits per heavy atom. The summed E-state index contributed by atoms with van der Waals surface area (Å²) >= 11 is 2.07. The molecule has 1 rings (SSSR count). The Bertz CT molecular complexity index is 225. The third-order valence-corrected chi connectivity index (χ3v) is 4.96. The van der Waals surface area contributed by atoms with Crippen LogP contribution in [0.25, 0.3) is 0 Å². The van der Waals surface area contributed by atoms with Crippen LogP contribution in [0.1, 0.15) is 47.5 Å². The lowest BCUT2D eigenvalue weighted by Crippen LogP contribution is -2.47. The quantitative estimate of drug-likeness (QED) is 0.774. The molecule has 1 N–H and O–H groups in total. The lowest BCUT2D eigenvalue weighted by atomic mass is 9.86. The van der Waals surface area contributed by atoms with Crippen LogP contribution in [0.3, 0.4) is 0 Å². The second kappa shape index (κ2) is 7.76. The first-order valence-corrected chi connectivity index (χ1v) is 8.65. The van der Waals surface area contributed by atoms with Crippen molar-refractivity contribution in [3.05, 3.63) is 0 Å². The molecule has 1 fully saturated rings. The van der Waals surface area contributed by atoms with Gasteiger partial charge in [-0.3, -0.25) is 4.90 Å². The molecule has 108 valence electrons. The first-order valence-electron chi connectivity index (χ1n) is 7.50. The zero-order chi connectivity index (χ0) is 13.6. The molecule has 0 aromatic rings. The van der Waals surface area contributed by atoms with E-state index < -0.39 is 0 Å². The van der Waals surface area contributed by atoms with Crippen LogP contribution >= 0.6 is 11.8 Å². The van der Waals surface area contributed by atoms with Gasteiger partial charge in [0, 0.05) is 18.6 Å². The van der Waals surface area contributed by atoms with E-state index in [0.717, 1.165) is 6.04 Å². The van der Waals surface area contributed by atoms with Crippen molar-refractivity contribution in [2.45, 2.75) is 59.5 Å². The predicted octanol–water partition coefficient (Wildman–Crippen LogP) is 3.23. The maximum Gasteiger partial charge on any atom is 0.0243 e. The molecule has 0 aromatic heterocycles. The summed E-state index contributed by atoms with van der Waals surface area (Å²) < 4.78 is 0. The molecule has 2 unspecified atom stereocenters. The average Bonchev–Trinajstić information content (AvgIpc) is 2.47. The lowest BCUT2D eigenvalue weighted by Gasteiger charge is -2.35. The number of hydrogen-bond acceptors (Lipinski definition) is 3. The van der Waals surface area contributed by atoms with E-state index in [2.05, 4.69) is 56.6 Å². The third kappa shape index (κ3) is 5.50. The molecule has 2 nitrogen and oxygen atoms in total. The van der Waals surface area contributed by atoms with Crippen LogP contribution < -0.4 is 5.32 Å². The van der Waals surface area contributed by atoms with E-state index in [-0.39, 0.29) is 0 Å². The molecule has 0 amide bonds. The number of nitrogens with zero attached hydrogens (tertiary/aromatic N) is 1. The Labute approximate surface area is 118 Å². The average molecular weight is 273 g/mol. The van der Waals surface area contributed by atoms with Gasteiger partial charge in [-0.2, -0.15) is 11.8 Å². The van der Waals surface area contributed by atoms with Gasteiger partial charge in [0.2, 0.25) is 0 Å². The predicted molar refractivity (Wildman–Crippen MR) is 84.5 cm³/mol. The van der Waals surface area contributed by atoms with Gasteiger partial charge in [0.05, 0.1) is 0 Å². The fourth-order valence-electron chi connectivity index (χ4n) is 2.53. The summed E-state index contributed by atoms with van der Waals surface area (Å²) in [5.74, 6) is 2.56. The van der Waals surface area contributed by atoms with E-state index in [4.69, 9.17) is 0 Å². The second-order valence-corrected chi connectivity index (χ2v) is 7.95. The molecular weight excluding hydrogens is 240 g/mol. The molecule has 0 spiro atoms. The fourth-order valence-corrected chi connectivity index (χ4v) is 3.16. The van der Waals surface area contributed by atoms with E-state index in [9.17, 15) is 0 Å². The summed E-state index contributed by atoms with van der Waals surface area (Å²) in [6, 6.07) is 1.36. The van der Waals surface area contributed by atoms with Crippen molar-refractivity contribution in [3.8, 4) is 0 Å². The van der Waals surface area contributed by atoms with Crippen molar-refractivity contribution >= 4 is 11.8 Å². The summed E-state index contributed by atoms with van der Waals surface area (Å²) in [6.45, 7) is 15.3. The molecule has 0 aliphatic carbocycles. The summed E-state index contributed by atoms with van der Waals surface area (Å²) in [5.41, 5.74) is 0.362. The minimum absolute atomic E-state index is 0.362. The number of nitrogens with one attached hydrogen (secondary N) is 1. The summed E-state index contributed by atoms with van der Waals surface area (Å²) in [6.07, 6.45) is 2.62. The van der Waals surface area contributed by atoms with Gasteiger partial charge >= 0.3 is 0 Å². The largest absolute Gasteiger partial charge is 0.312 e. The van der Waals surface area contributed by atoms with Gasteiger partial charge in [0.15, 0.2) is 0 Å². The van der Waals surface area contributed by atoms with E-state index in [1.165, 1.54) is 44.0 Å². The van der Waals surface area contributed by atoms with E-state index in [0.29, 0.717) is 11.5 Å². The molecule has 1 heterocycles. The van der Waals surface area contributed by atoms with Crippen LogP contribution in [-0.2, 0) is 0 Å². The zero-order valence-corrected chi connectivity index (χ0v) is 13.8. The first-order chi connectivity index (χ1) is 8.45. The lowest BCUT2D eigenvalue weighted by molar-refractivity contribution is 0.165. The standard InChI is InChI=1S/C15H32N2S/c1-6-18-11-7-10-17-12-14(15(3,4)5)16-9-8-13(17)2/h13-14,16H,6-12H2,1-5H3. The highest BCUT2D eigenvalue weighted by Crippen LogP contribution is 2.23. The van der Waals surface area contributed by atoms with Crippen molar-refractivity contribution in [1.82, 2.24) is 10.2 Å². The molecule has 0 saturated carbocycles. The van der Waals surface area contributed by atoms with Crippen molar-refractivity contribution in [1.29, 1.82) is 0 Å². The fraction of sp³-hybridized carbons (Fsp3) is 1.00. The molecule has 0 radical (unpaired) electrons. The topological polar surface area (TPSA) is 15.3 Å². The highest BCUT2D eigenvalue weighted by Gasteiger charge is 2.30. The van der Waals surface area contributed by atoms with E-state index >= 15 is 0 Å². The minimum Gasteiger partial charge on any atom is -0.312 e. The molecule has 18 heavy (non-hydrogen) atoms. The van der Waals surface area contributed by atoms with Gasteiger partial charge in [-0.05, 0) is 49.8 Å². The molecule has 1 aliphatic heterocycles. The SMILES string of the molecule is CCSCCCN1CC(C(C)(C)C)NCCC1C. The summed E-state index contributed by atoms with van der Waals surface area (Å²) in [4.78, 5) is 2.70. The van der Waals surface area contributed by atoms with Crippen LogP contribution in [0.5, 0.6) is 0 Å². The zero-order valence-electron chi connectivity index (χ0n) is 13.0. The molecule has 2 atom stereocenters. The Morgan fingerprint density at radius 1 is 1.33 bits per heavy atom. The van der Waals surface area contributed by atoms with Gasteiger partial charge in [-0.25, -0.2) is 0 Å². The maximum absolute atomic E-state index is 3.74. The van der Waals surface area contributed by atoms with Crippen molar-refractivity contribution in [2.24, 2.45) is 5.41 Å². The molecule has 0 aromatic carbocycles. The number of rotatable bonds is 5. The van der Waals surface area contributed by atoms with Crippen LogP contribution in [0.15, 0.2) is 0 Å². The molecule has 1 saturated heterocycles. The summed E-state index contributed by atoms with van der Waals surface area (Å²) in [5, 5.41) is 3.74. The van der Waals surface area contributed by atoms with Crippen LogP contribution in [0.4, 0.5) is 0 Å². The van der Waals surface area contributed by atoms with Crippen LogP contribution in [0, 0.1) is 5.41 Å². The summed E-state index contributed by atoms with van der Waals surface area (Å²) in [7, 11) is 0. The molecule has 0 bridgehead atoms. The Balaban J connectivity index is 2.46. The highest BCUT2D eigenvalue weighted by molar-refractivity contribution is 7.99. The van der Waals surface area contributed by atoms with Gasteiger partial charge in [-0.15, -0.1) is 0 Å². The van der Waals surface area contributed by atoms with Gasteiger partial charge < -0.3 is 5.32 Å². The Hall–Kier alpha value is 0.270.